The standard InChI is InChI=1S/C52H99NO3/c1-3-5-7-9-11-13-15-17-19-20-21-22-23-24-25-26-27-28-29-30-31-32-34-35-37-39-41-43-45-47-51(55)50(49-54)53-52(56)48-46-44-42-40-38-36-33-18-16-14-12-10-8-6-4-2/h18,33,37,39,45,47,50-51,54-55H,3-17,19-32,34-36,38,40-44,46,48-49H2,1-2H3,(H,53,56)/b33-18-,39-37+,47-45+. The van der Waals surface area contributed by atoms with Gasteiger partial charge in [0.15, 0.2) is 0 Å². The van der Waals surface area contributed by atoms with Crippen molar-refractivity contribution in [1.29, 1.82) is 0 Å². The van der Waals surface area contributed by atoms with Crippen LogP contribution in [0.15, 0.2) is 36.5 Å². The molecule has 0 aliphatic rings. The third-order valence-electron chi connectivity index (χ3n) is 11.6. The minimum Gasteiger partial charge on any atom is -0.394 e. The SMILES string of the molecule is CCCCCCCC/C=C\CCCCCCCC(=O)NC(CO)C(O)/C=C/CC/C=C/CCCCCCCCCCCCCCCCCCCCCCCCC. The van der Waals surface area contributed by atoms with E-state index < -0.39 is 12.1 Å². The van der Waals surface area contributed by atoms with Gasteiger partial charge in [-0.05, 0) is 57.8 Å². The van der Waals surface area contributed by atoms with Crippen LogP contribution in [0.1, 0.15) is 271 Å². The number of allylic oxidation sites excluding steroid dienone is 5. The van der Waals surface area contributed by atoms with Gasteiger partial charge in [-0.2, -0.15) is 0 Å². The predicted molar refractivity (Wildman–Crippen MR) is 248 cm³/mol. The molecule has 0 heterocycles. The van der Waals surface area contributed by atoms with E-state index in [1.807, 2.05) is 6.08 Å². The first kappa shape index (κ1) is 54.6. The van der Waals surface area contributed by atoms with Gasteiger partial charge in [-0.25, -0.2) is 0 Å². The molecule has 3 N–H and O–H groups in total. The smallest absolute Gasteiger partial charge is 0.220 e. The second-order valence-corrected chi connectivity index (χ2v) is 17.2. The summed E-state index contributed by atoms with van der Waals surface area (Å²) in [6.07, 6.45) is 64.3. The van der Waals surface area contributed by atoms with Crippen LogP contribution in [0.4, 0.5) is 0 Å². The molecule has 2 atom stereocenters. The molecule has 4 nitrogen and oxygen atoms in total. The molecule has 0 saturated carbocycles. The maximum atomic E-state index is 12.4. The summed E-state index contributed by atoms with van der Waals surface area (Å²) in [5, 5.41) is 23.0. The highest BCUT2D eigenvalue weighted by atomic mass is 16.3. The van der Waals surface area contributed by atoms with Gasteiger partial charge < -0.3 is 15.5 Å². The number of rotatable bonds is 46. The number of nitrogens with one attached hydrogen (secondary N) is 1. The fourth-order valence-corrected chi connectivity index (χ4v) is 7.72. The van der Waals surface area contributed by atoms with Crippen molar-refractivity contribution < 1.29 is 15.0 Å². The van der Waals surface area contributed by atoms with Crippen LogP contribution in [0.3, 0.4) is 0 Å². The summed E-state index contributed by atoms with van der Waals surface area (Å²) in [5.41, 5.74) is 0. The highest BCUT2D eigenvalue weighted by molar-refractivity contribution is 5.76. The van der Waals surface area contributed by atoms with E-state index in [4.69, 9.17) is 0 Å². The van der Waals surface area contributed by atoms with Crippen molar-refractivity contribution in [3.05, 3.63) is 36.5 Å². The molecule has 0 fully saturated rings. The lowest BCUT2D eigenvalue weighted by atomic mass is 10.0. The van der Waals surface area contributed by atoms with Gasteiger partial charge in [-0.15, -0.1) is 0 Å². The summed E-state index contributed by atoms with van der Waals surface area (Å²) in [6, 6.07) is -0.642. The topological polar surface area (TPSA) is 69.6 Å². The number of aliphatic hydroxyl groups excluding tert-OH is 2. The highest BCUT2D eigenvalue weighted by Gasteiger charge is 2.17. The van der Waals surface area contributed by atoms with Crippen LogP contribution in [-0.4, -0.2) is 34.9 Å². The minimum absolute atomic E-state index is 0.0809. The highest BCUT2D eigenvalue weighted by Crippen LogP contribution is 2.16. The molecule has 0 rings (SSSR count). The first-order valence-corrected chi connectivity index (χ1v) is 25.2. The third-order valence-corrected chi connectivity index (χ3v) is 11.6. The molecule has 0 bridgehead atoms. The Bertz CT molecular complexity index is 851. The Morgan fingerprint density at radius 2 is 0.696 bits per heavy atom. The zero-order chi connectivity index (χ0) is 40.7. The molecule has 0 aromatic heterocycles. The number of carbonyl (C=O) groups is 1. The van der Waals surface area contributed by atoms with Gasteiger partial charge in [0.25, 0.3) is 0 Å². The first-order valence-electron chi connectivity index (χ1n) is 25.2. The van der Waals surface area contributed by atoms with Crippen molar-refractivity contribution in [3.8, 4) is 0 Å². The Balaban J connectivity index is 3.52. The van der Waals surface area contributed by atoms with Crippen molar-refractivity contribution in [2.24, 2.45) is 0 Å². The molecule has 0 spiro atoms. The third kappa shape index (κ3) is 43.7. The zero-order valence-corrected chi connectivity index (χ0v) is 37.9. The number of amides is 1. The molecule has 0 aliphatic heterocycles. The Kier molecular flexibility index (Phi) is 46.8. The van der Waals surface area contributed by atoms with E-state index in [1.165, 1.54) is 205 Å². The number of hydrogen-bond acceptors (Lipinski definition) is 3. The lowest BCUT2D eigenvalue weighted by Gasteiger charge is -2.19. The van der Waals surface area contributed by atoms with Gasteiger partial charge >= 0.3 is 0 Å². The molecule has 0 aromatic rings. The van der Waals surface area contributed by atoms with Gasteiger partial charge in [0.2, 0.25) is 5.91 Å². The monoisotopic (exact) mass is 786 g/mol. The maximum Gasteiger partial charge on any atom is 0.220 e. The van der Waals surface area contributed by atoms with Crippen molar-refractivity contribution in [2.45, 2.75) is 283 Å². The summed E-state index contributed by atoms with van der Waals surface area (Å²) >= 11 is 0. The number of hydrogen-bond donors (Lipinski definition) is 3. The van der Waals surface area contributed by atoms with Crippen LogP contribution in [-0.2, 0) is 4.79 Å². The van der Waals surface area contributed by atoms with Crippen LogP contribution in [0, 0.1) is 0 Å². The first-order chi connectivity index (χ1) is 27.7. The fraction of sp³-hybridized carbons (Fsp3) is 0.865. The van der Waals surface area contributed by atoms with E-state index in [9.17, 15) is 15.0 Å². The van der Waals surface area contributed by atoms with Crippen molar-refractivity contribution >= 4 is 5.91 Å². The van der Waals surface area contributed by atoms with E-state index in [1.54, 1.807) is 6.08 Å². The van der Waals surface area contributed by atoms with Gasteiger partial charge in [0.1, 0.15) is 0 Å². The number of carbonyl (C=O) groups excluding carboxylic acids is 1. The molecule has 0 saturated heterocycles. The van der Waals surface area contributed by atoms with Crippen LogP contribution >= 0.6 is 0 Å². The fourth-order valence-electron chi connectivity index (χ4n) is 7.72. The predicted octanol–water partition coefficient (Wildman–Crippen LogP) is 16.1. The number of unbranched alkanes of at least 4 members (excludes halogenated alkanes) is 35. The minimum atomic E-state index is -0.865. The van der Waals surface area contributed by atoms with Gasteiger partial charge in [-0.1, -0.05) is 243 Å². The molecule has 330 valence electrons. The summed E-state index contributed by atoms with van der Waals surface area (Å²) in [5.74, 6) is -0.0809. The normalized spacial score (nSPS) is 13.1. The summed E-state index contributed by atoms with van der Waals surface area (Å²) in [7, 11) is 0. The van der Waals surface area contributed by atoms with Crippen LogP contribution < -0.4 is 5.32 Å². The molecule has 1 amide bonds. The average molecular weight is 786 g/mol. The van der Waals surface area contributed by atoms with Gasteiger partial charge in [0, 0.05) is 6.42 Å². The van der Waals surface area contributed by atoms with Crippen molar-refractivity contribution in [3.63, 3.8) is 0 Å². The largest absolute Gasteiger partial charge is 0.394 e. The molecule has 0 aliphatic carbocycles. The molecule has 0 aromatic carbocycles. The Morgan fingerprint density at radius 3 is 1.04 bits per heavy atom. The van der Waals surface area contributed by atoms with E-state index >= 15 is 0 Å². The number of aliphatic hydroxyl groups is 2. The van der Waals surface area contributed by atoms with Gasteiger partial charge in [0.05, 0.1) is 18.8 Å². The van der Waals surface area contributed by atoms with E-state index in [2.05, 4.69) is 43.5 Å². The molecule has 4 heteroatoms. The summed E-state index contributed by atoms with van der Waals surface area (Å²) in [4.78, 5) is 12.4. The Morgan fingerprint density at radius 1 is 0.411 bits per heavy atom. The quantitative estimate of drug-likeness (QED) is 0.0425. The molecule has 2 unspecified atom stereocenters. The maximum absolute atomic E-state index is 12.4. The Hall–Kier alpha value is -1.39. The van der Waals surface area contributed by atoms with Crippen LogP contribution in [0.2, 0.25) is 0 Å². The van der Waals surface area contributed by atoms with Gasteiger partial charge in [-0.3, -0.25) is 4.79 Å². The second kappa shape index (κ2) is 48.0. The van der Waals surface area contributed by atoms with Crippen LogP contribution in [0.25, 0.3) is 0 Å². The average Bonchev–Trinajstić information content (AvgIpc) is 3.20. The van der Waals surface area contributed by atoms with E-state index in [0.29, 0.717) is 6.42 Å². The molecule has 0 radical (unpaired) electrons. The lowest BCUT2D eigenvalue weighted by molar-refractivity contribution is -0.123. The van der Waals surface area contributed by atoms with E-state index in [0.717, 1.165) is 44.9 Å². The molecular weight excluding hydrogens is 687 g/mol. The van der Waals surface area contributed by atoms with E-state index in [-0.39, 0.29) is 12.5 Å². The van der Waals surface area contributed by atoms with Crippen LogP contribution in [0.5, 0.6) is 0 Å². The molecular formula is C52H99NO3. The molecule has 56 heavy (non-hydrogen) atoms. The summed E-state index contributed by atoms with van der Waals surface area (Å²) < 4.78 is 0. The second-order valence-electron chi connectivity index (χ2n) is 17.2. The zero-order valence-electron chi connectivity index (χ0n) is 37.9. The van der Waals surface area contributed by atoms with Crippen molar-refractivity contribution in [2.75, 3.05) is 6.61 Å². The summed E-state index contributed by atoms with van der Waals surface area (Å²) in [6.45, 7) is 4.30. The van der Waals surface area contributed by atoms with Crippen molar-refractivity contribution in [1.82, 2.24) is 5.32 Å². The Labute approximate surface area is 351 Å². The lowest BCUT2D eigenvalue weighted by Crippen LogP contribution is -2.45.